The van der Waals surface area contributed by atoms with Gasteiger partial charge in [-0.15, -0.1) is 0 Å². The molecule has 0 fully saturated rings. The minimum Gasteiger partial charge on any atom is -0.369 e. The van der Waals surface area contributed by atoms with E-state index in [1.807, 2.05) is 41.8 Å². The lowest BCUT2D eigenvalue weighted by Crippen LogP contribution is -2.25. The Bertz CT molecular complexity index is 1190. The summed E-state index contributed by atoms with van der Waals surface area (Å²) in [5, 5.41) is 6.10. The molecule has 152 valence electrons. The SMILES string of the molecule is Cc1ccccc1-c1nc2cnccn2c1NCCC(=O)NCc1ccccc1F. The molecule has 4 aromatic rings. The molecule has 0 atom stereocenters. The van der Waals surface area contributed by atoms with Crippen molar-refractivity contribution in [1.82, 2.24) is 19.7 Å². The molecule has 30 heavy (non-hydrogen) atoms. The zero-order valence-electron chi connectivity index (χ0n) is 16.6. The number of nitrogens with zero attached hydrogens (tertiary/aromatic N) is 3. The van der Waals surface area contributed by atoms with Crippen molar-refractivity contribution in [3.05, 3.63) is 84.1 Å². The number of amides is 1. The Morgan fingerprint density at radius 3 is 2.77 bits per heavy atom. The molecule has 0 radical (unpaired) electrons. The average molecular weight is 403 g/mol. The van der Waals surface area contributed by atoms with Crippen LogP contribution in [0.4, 0.5) is 10.2 Å². The molecule has 2 aromatic heterocycles. The van der Waals surface area contributed by atoms with Crippen LogP contribution in [0, 0.1) is 12.7 Å². The zero-order valence-corrected chi connectivity index (χ0v) is 16.6. The molecule has 0 saturated heterocycles. The number of benzene rings is 2. The van der Waals surface area contributed by atoms with Gasteiger partial charge < -0.3 is 10.6 Å². The third kappa shape index (κ3) is 4.15. The summed E-state index contributed by atoms with van der Waals surface area (Å²) in [5.74, 6) is 0.334. The molecule has 0 saturated carbocycles. The van der Waals surface area contributed by atoms with Crippen LogP contribution in [0.3, 0.4) is 0 Å². The van der Waals surface area contributed by atoms with Crippen molar-refractivity contribution < 1.29 is 9.18 Å². The van der Waals surface area contributed by atoms with Crippen molar-refractivity contribution in [3.63, 3.8) is 0 Å². The van der Waals surface area contributed by atoms with Crippen LogP contribution in [0.1, 0.15) is 17.5 Å². The van der Waals surface area contributed by atoms with E-state index >= 15 is 0 Å². The van der Waals surface area contributed by atoms with Crippen molar-refractivity contribution in [1.29, 1.82) is 0 Å². The first-order valence-corrected chi connectivity index (χ1v) is 9.75. The highest BCUT2D eigenvalue weighted by Gasteiger charge is 2.15. The zero-order chi connectivity index (χ0) is 20.9. The monoisotopic (exact) mass is 403 g/mol. The number of hydrogen-bond acceptors (Lipinski definition) is 4. The summed E-state index contributed by atoms with van der Waals surface area (Å²) < 4.78 is 15.6. The van der Waals surface area contributed by atoms with Crippen molar-refractivity contribution in [2.24, 2.45) is 0 Å². The molecule has 2 N–H and O–H groups in total. The number of carbonyl (C=O) groups is 1. The van der Waals surface area contributed by atoms with Gasteiger partial charge in [0.25, 0.3) is 0 Å². The standard InChI is InChI=1S/C23H22FN5O/c1-16-6-2-4-8-18(16)22-23(29-13-12-25-15-20(29)28-22)26-11-10-21(30)27-14-17-7-3-5-9-19(17)24/h2-9,12-13,15,26H,10-11,14H2,1H3,(H,27,30). The van der Waals surface area contributed by atoms with E-state index in [9.17, 15) is 9.18 Å². The Hall–Kier alpha value is -3.74. The van der Waals surface area contributed by atoms with Gasteiger partial charge in [0, 0.05) is 43.0 Å². The number of halogens is 1. The van der Waals surface area contributed by atoms with E-state index in [-0.39, 0.29) is 24.7 Å². The van der Waals surface area contributed by atoms with Crippen LogP contribution >= 0.6 is 0 Å². The molecule has 4 rings (SSSR count). The minimum atomic E-state index is -0.321. The van der Waals surface area contributed by atoms with E-state index < -0.39 is 0 Å². The Balaban J connectivity index is 1.46. The van der Waals surface area contributed by atoms with Crippen LogP contribution in [0.25, 0.3) is 16.9 Å². The molecule has 0 unspecified atom stereocenters. The summed E-state index contributed by atoms with van der Waals surface area (Å²) in [6.07, 6.45) is 5.49. The highest BCUT2D eigenvalue weighted by molar-refractivity contribution is 5.79. The normalized spacial score (nSPS) is 10.9. The maximum absolute atomic E-state index is 13.7. The number of fused-ring (bicyclic) bond motifs is 1. The van der Waals surface area contributed by atoms with Gasteiger partial charge in [-0.3, -0.25) is 14.2 Å². The second-order valence-electron chi connectivity index (χ2n) is 6.97. The second-order valence-corrected chi connectivity index (χ2v) is 6.97. The lowest BCUT2D eigenvalue weighted by molar-refractivity contribution is -0.121. The Morgan fingerprint density at radius 2 is 1.93 bits per heavy atom. The Kier molecular flexibility index (Phi) is 5.70. The van der Waals surface area contributed by atoms with Gasteiger partial charge in [0.1, 0.15) is 17.3 Å². The van der Waals surface area contributed by atoms with Crippen molar-refractivity contribution in [3.8, 4) is 11.3 Å². The summed E-state index contributed by atoms with van der Waals surface area (Å²) in [5.41, 5.74) is 4.14. The molecule has 1 amide bonds. The van der Waals surface area contributed by atoms with Gasteiger partial charge in [0.15, 0.2) is 5.65 Å². The maximum atomic E-state index is 13.7. The second kappa shape index (κ2) is 8.73. The quantitative estimate of drug-likeness (QED) is 0.490. The highest BCUT2D eigenvalue weighted by Crippen LogP contribution is 2.30. The van der Waals surface area contributed by atoms with Crippen LogP contribution < -0.4 is 10.6 Å². The van der Waals surface area contributed by atoms with Gasteiger partial charge in [-0.25, -0.2) is 9.37 Å². The number of hydrogen-bond donors (Lipinski definition) is 2. The van der Waals surface area contributed by atoms with Gasteiger partial charge in [0.05, 0.1) is 6.20 Å². The molecule has 0 aliphatic carbocycles. The molecular formula is C23H22FN5O. The molecule has 0 spiro atoms. The summed E-state index contributed by atoms with van der Waals surface area (Å²) in [6, 6.07) is 14.5. The third-order valence-electron chi connectivity index (χ3n) is 4.91. The number of aryl methyl sites for hydroxylation is 1. The predicted octanol–water partition coefficient (Wildman–Crippen LogP) is 3.96. The van der Waals surface area contributed by atoms with E-state index in [1.54, 1.807) is 30.6 Å². The van der Waals surface area contributed by atoms with Crippen molar-refractivity contribution in [2.45, 2.75) is 19.9 Å². The van der Waals surface area contributed by atoms with E-state index in [4.69, 9.17) is 4.98 Å². The van der Waals surface area contributed by atoms with Crippen LogP contribution in [0.5, 0.6) is 0 Å². The lowest BCUT2D eigenvalue weighted by Gasteiger charge is -2.11. The lowest BCUT2D eigenvalue weighted by atomic mass is 10.1. The number of rotatable bonds is 7. The predicted molar refractivity (Wildman–Crippen MR) is 115 cm³/mol. The minimum absolute atomic E-state index is 0.154. The number of carbonyl (C=O) groups excluding carboxylic acids is 1. The molecule has 2 aromatic carbocycles. The van der Waals surface area contributed by atoms with Crippen molar-refractivity contribution >= 4 is 17.4 Å². The topological polar surface area (TPSA) is 71.3 Å². The molecular weight excluding hydrogens is 381 g/mol. The van der Waals surface area contributed by atoms with E-state index in [0.717, 1.165) is 28.3 Å². The fourth-order valence-corrected chi connectivity index (χ4v) is 3.32. The molecule has 0 aliphatic rings. The molecule has 0 bridgehead atoms. The third-order valence-corrected chi connectivity index (χ3v) is 4.91. The molecule has 7 heteroatoms. The first-order valence-electron chi connectivity index (χ1n) is 9.75. The van der Waals surface area contributed by atoms with E-state index in [2.05, 4.69) is 15.6 Å². The van der Waals surface area contributed by atoms with Gasteiger partial charge in [-0.2, -0.15) is 0 Å². The fraction of sp³-hybridized carbons (Fsp3) is 0.174. The largest absolute Gasteiger partial charge is 0.369 e. The van der Waals surface area contributed by atoms with E-state index in [1.165, 1.54) is 6.07 Å². The number of nitrogens with one attached hydrogen (secondary N) is 2. The fourth-order valence-electron chi connectivity index (χ4n) is 3.32. The Labute approximate surface area is 173 Å². The van der Waals surface area contributed by atoms with E-state index in [0.29, 0.717) is 12.1 Å². The summed E-state index contributed by atoms with van der Waals surface area (Å²) in [7, 11) is 0. The first kappa shape index (κ1) is 19.6. The molecule has 2 heterocycles. The summed E-state index contributed by atoms with van der Waals surface area (Å²) in [6.45, 7) is 2.62. The number of anilines is 1. The van der Waals surface area contributed by atoms with Gasteiger partial charge >= 0.3 is 0 Å². The number of aromatic nitrogens is 3. The smallest absolute Gasteiger partial charge is 0.222 e. The van der Waals surface area contributed by atoms with Crippen LogP contribution in [-0.2, 0) is 11.3 Å². The number of imidazole rings is 1. The van der Waals surface area contributed by atoms with Crippen LogP contribution in [-0.4, -0.2) is 26.8 Å². The Morgan fingerprint density at radius 1 is 1.13 bits per heavy atom. The summed E-state index contributed by atoms with van der Waals surface area (Å²) >= 11 is 0. The van der Waals surface area contributed by atoms with Gasteiger partial charge in [-0.05, 0) is 18.6 Å². The molecule has 0 aliphatic heterocycles. The van der Waals surface area contributed by atoms with Crippen molar-refractivity contribution in [2.75, 3.05) is 11.9 Å². The van der Waals surface area contributed by atoms with Gasteiger partial charge in [0.2, 0.25) is 5.91 Å². The highest BCUT2D eigenvalue weighted by atomic mass is 19.1. The van der Waals surface area contributed by atoms with Gasteiger partial charge in [-0.1, -0.05) is 42.5 Å². The van der Waals surface area contributed by atoms with Crippen LogP contribution in [0.15, 0.2) is 67.1 Å². The maximum Gasteiger partial charge on any atom is 0.222 e. The van der Waals surface area contributed by atoms with Crippen LogP contribution in [0.2, 0.25) is 0 Å². The average Bonchev–Trinajstić information content (AvgIpc) is 3.12. The first-order chi connectivity index (χ1) is 14.6. The molecule has 6 nitrogen and oxygen atoms in total. The summed E-state index contributed by atoms with van der Waals surface area (Å²) in [4.78, 5) is 21.1.